The Kier molecular flexibility index (Phi) is 4.31. The average molecular weight is 255 g/mol. The van der Waals surface area contributed by atoms with Crippen LogP contribution in [-0.2, 0) is 11.2 Å². The summed E-state index contributed by atoms with van der Waals surface area (Å²) in [7, 11) is 0. The van der Waals surface area contributed by atoms with Gasteiger partial charge in [0.1, 0.15) is 0 Å². The third-order valence-electron chi connectivity index (χ3n) is 3.09. The van der Waals surface area contributed by atoms with Crippen LogP contribution in [0.25, 0.3) is 5.57 Å². The van der Waals surface area contributed by atoms with Gasteiger partial charge in [-0.05, 0) is 28.7 Å². The standard InChI is InChI=1S/C16H17NO2/c17-11-13-7-2-1-3-8-15(13)14-9-5-4-6-12(14)10-16(18)19/h2-9H,1,10-11,17H2,(H,18,19). The van der Waals surface area contributed by atoms with Gasteiger partial charge in [0.05, 0.1) is 6.42 Å². The Balaban J connectivity index is 2.53. The summed E-state index contributed by atoms with van der Waals surface area (Å²) < 4.78 is 0. The third-order valence-corrected chi connectivity index (χ3v) is 3.09. The van der Waals surface area contributed by atoms with E-state index in [0.717, 1.165) is 28.7 Å². The fourth-order valence-electron chi connectivity index (χ4n) is 2.21. The fraction of sp³-hybridized carbons (Fsp3) is 0.188. The lowest BCUT2D eigenvalue weighted by Gasteiger charge is -2.12. The normalized spacial score (nSPS) is 14.6. The minimum atomic E-state index is -0.824. The monoisotopic (exact) mass is 255 g/mol. The number of rotatable bonds is 4. The van der Waals surface area contributed by atoms with Crippen molar-refractivity contribution in [3.63, 3.8) is 0 Å². The number of carboxylic acid groups (broad SMARTS) is 1. The van der Waals surface area contributed by atoms with Crippen molar-refractivity contribution in [3.05, 3.63) is 65.3 Å². The second kappa shape index (κ2) is 6.16. The molecule has 1 aromatic rings. The van der Waals surface area contributed by atoms with Gasteiger partial charge < -0.3 is 10.8 Å². The van der Waals surface area contributed by atoms with Gasteiger partial charge in [0, 0.05) is 6.54 Å². The van der Waals surface area contributed by atoms with E-state index in [1.807, 2.05) is 36.4 Å². The number of aliphatic carboxylic acids is 1. The maximum atomic E-state index is 10.9. The minimum absolute atomic E-state index is 0.0229. The molecule has 1 aliphatic rings. The molecule has 0 saturated carbocycles. The zero-order chi connectivity index (χ0) is 13.7. The molecule has 98 valence electrons. The Bertz CT molecular complexity index is 568. The molecule has 0 atom stereocenters. The molecular weight excluding hydrogens is 238 g/mol. The molecule has 3 heteroatoms. The van der Waals surface area contributed by atoms with E-state index in [1.54, 1.807) is 0 Å². The summed E-state index contributed by atoms with van der Waals surface area (Å²) in [4.78, 5) is 10.9. The van der Waals surface area contributed by atoms with Crippen LogP contribution in [0.5, 0.6) is 0 Å². The zero-order valence-electron chi connectivity index (χ0n) is 10.7. The van der Waals surface area contributed by atoms with Crippen molar-refractivity contribution >= 4 is 11.5 Å². The molecule has 19 heavy (non-hydrogen) atoms. The van der Waals surface area contributed by atoms with Gasteiger partial charge in [-0.3, -0.25) is 4.79 Å². The molecule has 0 heterocycles. The molecule has 0 aliphatic heterocycles. The molecular formula is C16H17NO2. The average Bonchev–Trinajstić information content (AvgIpc) is 2.63. The highest BCUT2D eigenvalue weighted by Crippen LogP contribution is 2.26. The Hall–Kier alpha value is -2.13. The van der Waals surface area contributed by atoms with Crippen molar-refractivity contribution in [3.8, 4) is 0 Å². The Morgan fingerprint density at radius 1 is 1.21 bits per heavy atom. The molecule has 0 spiro atoms. The minimum Gasteiger partial charge on any atom is -0.481 e. The quantitative estimate of drug-likeness (QED) is 0.869. The van der Waals surface area contributed by atoms with E-state index in [-0.39, 0.29) is 6.42 Å². The molecule has 1 aromatic carbocycles. The predicted molar refractivity (Wildman–Crippen MR) is 76.7 cm³/mol. The lowest BCUT2D eigenvalue weighted by Crippen LogP contribution is -2.06. The van der Waals surface area contributed by atoms with E-state index in [0.29, 0.717) is 6.54 Å². The molecule has 0 unspecified atom stereocenters. The molecule has 3 nitrogen and oxygen atoms in total. The second-order valence-electron chi connectivity index (χ2n) is 4.41. The Labute approximate surface area is 112 Å². The SMILES string of the molecule is NCC1=C(c2ccccc2CC(=O)O)C=CCC=C1. The lowest BCUT2D eigenvalue weighted by atomic mass is 9.93. The Morgan fingerprint density at radius 2 is 1.95 bits per heavy atom. The highest BCUT2D eigenvalue weighted by atomic mass is 16.4. The number of allylic oxidation sites excluding steroid dienone is 4. The summed E-state index contributed by atoms with van der Waals surface area (Å²) in [5.74, 6) is -0.824. The van der Waals surface area contributed by atoms with Crippen LogP contribution in [0.3, 0.4) is 0 Å². The van der Waals surface area contributed by atoms with Crippen molar-refractivity contribution in [1.82, 2.24) is 0 Å². The first kappa shape index (κ1) is 13.3. The topological polar surface area (TPSA) is 63.3 Å². The summed E-state index contributed by atoms with van der Waals surface area (Å²) in [5, 5.41) is 9.00. The number of hydrogen-bond donors (Lipinski definition) is 2. The van der Waals surface area contributed by atoms with E-state index in [4.69, 9.17) is 10.8 Å². The van der Waals surface area contributed by atoms with Gasteiger partial charge in [-0.25, -0.2) is 0 Å². The van der Waals surface area contributed by atoms with Crippen LogP contribution in [0.15, 0.2) is 54.1 Å². The summed E-state index contributed by atoms with van der Waals surface area (Å²) in [5.41, 5.74) is 9.62. The van der Waals surface area contributed by atoms with E-state index in [1.165, 1.54) is 0 Å². The van der Waals surface area contributed by atoms with Crippen molar-refractivity contribution in [2.24, 2.45) is 5.73 Å². The van der Waals surface area contributed by atoms with Gasteiger partial charge in [0.25, 0.3) is 0 Å². The van der Waals surface area contributed by atoms with Gasteiger partial charge in [-0.1, -0.05) is 48.6 Å². The third kappa shape index (κ3) is 3.20. The smallest absolute Gasteiger partial charge is 0.307 e. The molecule has 0 bridgehead atoms. The number of hydrogen-bond acceptors (Lipinski definition) is 2. The van der Waals surface area contributed by atoms with Crippen LogP contribution in [0, 0.1) is 0 Å². The molecule has 0 radical (unpaired) electrons. The van der Waals surface area contributed by atoms with Gasteiger partial charge in [-0.15, -0.1) is 0 Å². The largest absolute Gasteiger partial charge is 0.481 e. The Morgan fingerprint density at radius 3 is 2.68 bits per heavy atom. The first-order valence-electron chi connectivity index (χ1n) is 6.28. The van der Waals surface area contributed by atoms with Crippen molar-refractivity contribution in [2.45, 2.75) is 12.8 Å². The second-order valence-corrected chi connectivity index (χ2v) is 4.41. The number of benzene rings is 1. The van der Waals surface area contributed by atoms with Crippen LogP contribution >= 0.6 is 0 Å². The molecule has 0 aromatic heterocycles. The molecule has 0 fully saturated rings. The van der Waals surface area contributed by atoms with E-state index < -0.39 is 5.97 Å². The molecule has 1 aliphatic carbocycles. The van der Waals surface area contributed by atoms with Gasteiger partial charge >= 0.3 is 5.97 Å². The van der Waals surface area contributed by atoms with Gasteiger partial charge in [-0.2, -0.15) is 0 Å². The maximum absolute atomic E-state index is 10.9. The summed E-state index contributed by atoms with van der Waals surface area (Å²) in [6, 6.07) is 7.59. The molecule has 0 amide bonds. The number of nitrogens with two attached hydrogens (primary N) is 1. The van der Waals surface area contributed by atoms with Crippen molar-refractivity contribution in [1.29, 1.82) is 0 Å². The van der Waals surface area contributed by atoms with Gasteiger partial charge in [0.15, 0.2) is 0 Å². The van der Waals surface area contributed by atoms with Crippen molar-refractivity contribution in [2.75, 3.05) is 6.54 Å². The number of carboxylic acids is 1. The fourth-order valence-corrected chi connectivity index (χ4v) is 2.21. The molecule has 2 rings (SSSR count). The van der Waals surface area contributed by atoms with E-state index in [9.17, 15) is 4.79 Å². The summed E-state index contributed by atoms with van der Waals surface area (Å²) >= 11 is 0. The lowest BCUT2D eigenvalue weighted by molar-refractivity contribution is -0.136. The summed E-state index contributed by atoms with van der Waals surface area (Å²) in [6.07, 6.45) is 9.07. The first-order chi connectivity index (χ1) is 9.22. The molecule has 3 N–H and O–H groups in total. The van der Waals surface area contributed by atoms with E-state index in [2.05, 4.69) is 12.2 Å². The van der Waals surface area contributed by atoms with Crippen LogP contribution in [0.1, 0.15) is 17.5 Å². The van der Waals surface area contributed by atoms with Crippen LogP contribution in [0.4, 0.5) is 0 Å². The number of carbonyl (C=O) groups is 1. The highest BCUT2D eigenvalue weighted by molar-refractivity contribution is 5.83. The zero-order valence-corrected chi connectivity index (χ0v) is 10.7. The molecule has 0 saturated heterocycles. The van der Waals surface area contributed by atoms with E-state index >= 15 is 0 Å². The predicted octanol–water partition coefficient (Wildman–Crippen LogP) is 2.54. The maximum Gasteiger partial charge on any atom is 0.307 e. The van der Waals surface area contributed by atoms with Crippen molar-refractivity contribution < 1.29 is 9.90 Å². The summed E-state index contributed by atoms with van der Waals surface area (Å²) in [6.45, 7) is 0.442. The van der Waals surface area contributed by atoms with Crippen LogP contribution < -0.4 is 5.73 Å². The van der Waals surface area contributed by atoms with Gasteiger partial charge in [0.2, 0.25) is 0 Å². The van der Waals surface area contributed by atoms with Crippen LogP contribution in [-0.4, -0.2) is 17.6 Å². The highest BCUT2D eigenvalue weighted by Gasteiger charge is 2.11. The van der Waals surface area contributed by atoms with Crippen LogP contribution in [0.2, 0.25) is 0 Å². The first-order valence-corrected chi connectivity index (χ1v) is 6.28.